The molecule has 0 amide bonds. The highest BCUT2D eigenvalue weighted by atomic mass is 35.5. The van der Waals surface area contributed by atoms with E-state index >= 15 is 0 Å². The summed E-state index contributed by atoms with van der Waals surface area (Å²) in [7, 11) is 0. The predicted octanol–water partition coefficient (Wildman–Crippen LogP) is 7.00. The van der Waals surface area contributed by atoms with E-state index in [0.717, 1.165) is 29.7 Å². The largest absolute Gasteiger partial charge is 0.493 e. The summed E-state index contributed by atoms with van der Waals surface area (Å²) in [6.07, 6.45) is 7.33. The van der Waals surface area contributed by atoms with Crippen LogP contribution in [-0.4, -0.2) is 33.6 Å². The summed E-state index contributed by atoms with van der Waals surface area (Å²) >= 11 is 6.19. The first-order valence-corrected chi connectivity index (χ1v) is 13.1. The number of aliphatic imine (C=N–C) groups is 1. The van der Waals surface area contributed by atoms with Crippen LogP contribution in [0, 0.1) is 17.8 Å². The highest BCUT2D eigenvalue weighted by Gasteiger charge is 2.30. The molecule has 2 heterocycles. The van der Waals surface area contributed by atoms with Crippen molar-refractivity contribution >= 4 is 23.1 Å². The number of allylic oxidation sites excluding steroid dienone is 4. The van der Waals surface area contributed by atoms with E-state index in [2.05, 4.69) is 42.4 Å². The Morgan fingerprint density at radius 1 is 1.32 bits per heavy atom. The van der Waals surface area contributed by atoms with Gasteiger partial charge in [0, 0.05) is 22.4 Å². The van der Waals surface area contributed by atoms with Gasteiger partial charge >= 0.3 is 0 Å². The standard InChI is InChI=1S/C29H36ClN3O4/c1-7-17(4)19(6)24(14-31-27(18(5)8-2)25-15-32-33-29(25)37-35)23(9-3)28(34)21-12-20-13-22(30)10-11-26(20)36-16-21/h9-11,13-15,17-18,21,35H,6-8,12,16H2,1-5H3,(H,32,33)/b23-9+,24-14+,31-27?. The molecule has 1 aliphatic heterocycles. The number of nitrogens with zero attached hydrogens (tertiary/aromatic N) is 2. The Hall–Kier alpha value is -3.16. The smallest absolute Gasteiger partial charge is 0.261 e. The number of halogens is 1. The van der Waals surface area contributed by atoms with Gasteiger partial charge < -0.3 is 9.62 Å². The number of hydrogen-bond donors (Lipinski definition) is 2. The number of carbonyl (C=O) groups excluding carboxylic acids is 1. The van der Waals surface area contributed by atoms with Crippen LogP contribution < -0.4 is 9.62 Å². The molecule has 1 aliphatic rings. The van der Waals surface area contributed by atoms with Crippen LogP contribution in [0.25, 0.3) is 0 Å². The van der Waals surface area contributed by atoms with Gasteiger partial charge in [0.2, 0.25) is 0 Å². The van der Waals surface area contributed by atoms with Crippen LogP contribution in [0.4, 0.5) is 0 Å². The van der Waals surface area contributed by atoms with Crippen molar-refractivity contribution in [3.8, 4) is 11.6 Å². The van der Waals surface area contributed by atoms with Crippen molar-refractivity contribution in [1.82, 2.24) is 10.2 Å². The van der Waals surface area contributed by atoms with Crippen molar-refractivity contribution in [2.75, 3.05) is 6.61 Å². The van der Waals surface area contributed by atoms with E-state index in [1.165, 1.54) is 0 Å². The maximum absolute atomic E-state index is 13.9. The molecule has 198 valence electrons. The molecule has 1 aromatic heterocycles. The second kappa shape index (κ2) is 12.9. The molecule has 3 atom stereocenters. The number of hydrogen-bond acceptors (Lipinski definition) is 6. The fourth-order valence-corrected chi connectivity index (χ4v) is 4.53. The number of aromatic nitrogens is 2. The van der Waals surface area contributed by atoms with Gasteiger partial charge in [-0.2, -0.15) is 5.10 Å². The average molecular weight is 526 g/mol. The van der Waals surface area contributed by atoms with Crippen molar-refractivity contribution in [3.05, 3.63) is 76.1 Å². The summed E-state index contributed by atoms with van der Waals surface area (Å²) < 4.78 is 5.91. The summed E-state index contributed by atoms with van der Waals surface area (Å²) in [5.41, 5.74) is 4.25. The zero-order valence-corrected chi connectivity index (χ0v) is 22.9. The number of carbonyl (C=O) groups is 1. The third kappa shape index (κ3) is 6.40. The number of rotatable bonds is 11. The summed E-state index contributed by atoms with van der Waals surface area (Å²) in [6.45, 7) is 14.8. The van der Waals surface area contributed by atoms with E-state index in [1.54, 1.807) is 18.5 Å². The van der Waals surface area contributed by atoms with Crippen molar-refractivity contribution in [1.29, 1.82) is 0 Å². The van der Waals surface area contributed by atoms with Gasteiger partial charge in [-0.3, -0.25) is 9.79 Å². The fourth-order valence-electron chi connectivity index (χ4n) is 4.34. The molecular weight excluding hydrogens is 490 g/mol. The normalized spacial score (nSPS) is 18.0. The summed E-state index contributed by atoms with van der Waals surface area (Å²) in [4.78, 5) is 23.2. The lowest BCUT2D eigenvalue weighted by molar-refractivity contribution is -0.141. The molecule has 2 N–H and O–H groups in total. The van der Waals surface area contributed by atoms with E-state index in [4.69, 9.17) is 21.3 Å². The van der Waals surface area contributed by atoms with E-state index in [9.17, 15) is 10.1 Å². The first kappa shape index (κ1) is 28.4. The molecule has 3 rings (SSSR count). The Bertz CT molecular complexity index is 1230. The predicted molar refractivity (Wildman–Crippen MR) is 147 cm³/mol. The Labute approximate surface area is 223 Å². The summed E-state index contributed by atoms with van der Waals surface area (Å²) in [5, 5.41) is 16.5. The zero-order chi connectivity index (χ0) is 27.1. The first-order chi connectivity index (χ1) is 17.7. The highest BCUT2D eigenvalue weighted by Crippen LogP contribution is 2.34. The number of Topliss-reactive ketones (excluding diaryl/α,β-unsaturated/α-hetero) is 1. The molecule has 0 spiro atoms. The fraction of sp³-hybridized carbons (Fsp3) is 0.414. The van der Waals surface area contributed by atoms with Gasteiger partial charge in [-0.25, -0.2) is 10.4 Å². The van der Waals surface area contributed by atoms with Crippen LogP contribution in [-0.2, 0) is 11.2 Å². The zero-order valence-electron chi connectivity index (χ0n) is 22.2. The van der Waals surface area contributed by atoms with Gasteiger partial charge in [0.15, 0.2) is 5.78 Å². The molecule has 0 radical (unpaired) electrons. The van der Waals surface area contributed by atoms with Crippen molar-refractivity contribution < 1.29 is 19.7 Å². The number of ketones is 1. The average Bonchev–Trinajstić information content (AvgIpc) is 3.39. The number of fused-ring (bicyclic) bond motifs is 1. The minimum absolute atomic E-state index is 0.0215. The Morgan fingerprint density at radius 2 is 2.05 bits per heavy atom. The van der Waals surface area contributed by atoms with E-state index in [-0.39, 0.29) is 29.4 Å². The van der Waals surface area contributed by atoms with Crippen LogP contribution in [0.15, 0.2) is 65.0 Å². The Balaban J connectivity index is 2.04. The number of nitrogens with one attached hydrogen (secondary N) is 1. The quantitative estimate of drug-likeness (QED) is 0.108. The van der Waals surface area contributed by atoms with Crippen molar-refractivity contribution in [2.45, 2.75) is 53.9 Å². The lowest BCUT2D eigenvalue weighted by Gasteiger charge is -2.27. The lowest BCUT2D eigenvalue weighted by Crippen LogP contribution is -2.30. The minimum atomic E-state index is -0.355. The molecule has 0 bridgehead atoms. The van der Waals surface area contributed by atoms with Gasteiger partial charge in [0.05, 0.1) is 30.0 Å². The monoisotopic (exact) mass is 525 g/mol. The summed E-state index contributed by atoms with van der Waals surface area (Å²) in [6, 6.07) is 5.49. The minimum Gasteiger partial charge on any atom is -0.493 e. The molecule has 3 unspecified atom stereocenters. The molecule has 1 aromatic carbocycles. The lowest BCUT2D eigenvalue weighted by atomic mass is 9.82. The van der Waals surface area contributed by atoms with Crippen LogP contribution in [0.2, 0.25) is 5.02 Å². The SMILES string of the molecule is C=C(C(=C\N=C(c1cn[nH]c1OO)C(C)CC)/C(=C\C)C(=O)C1COc2ccc(Cl)cc2C1)C(C)CC. The van der Waals surface area contributed by atoms with Gasteiger partial charge in [-0.05, 0) is 67.4 Å². The number of benzene rings is 1. The molecule has 8 heteroatoms. The maximum atomic E-state index is 13.9. The van der Waals surface area contributed by atoms with Crippen molar-refractivity contribution in [3.63, 3.8) is 0 Å². The van der Waals surface area contributed by atoms with E-state index < -0.39 is 0 Å². The number of aromatic amines is 1. The maximum Gasteiger partial charge on any atom is 0.261 e. The molecule has 2 aromatic rings. The molecule has 7 nitrogen and oxygen atoms in total. The molecule has 0 fully saturated rings. The van der Waals surface area contributed by atoms with Gasteiger partial charge in [0.1, 0.15) is 5.75 Å². The van der Waals surface area contributed by atoms with Crippen LogP contribution >= 0.6 is 11.6 Å². The molecule has 0 saturated heterocycles. The van der Waals surface area contributed by atoms with Crippen LogP contribution in [0.1, 0.15) is 58.6 Å². The summed E-state index contributed by atoms with van der Waals surface area (Å²) in [5.74, 6) is 0.689. The van der Waals surface area contributed by atoms with Gasteiger partial charge in [-0.15, -0.1) is 0 Å². The third-order valence-electron chi connectivity index (χ3n) is 7.08. The Kier molecular flexibility index (Phi) is 9.89. The molecular formula is C29H36ClN3O4. The first-order valence-electron chi connectivity index (χ1n) is 12.7. The molecule has 37 heavy (non-hydrogen) atoms. The molecule has 0 aliphatic carbocycles. The van der Waals surface area contributed by atoms with Crippen molar-refractivity contribution in [2.24, 2.45) is 22.7 Å². The number of ether oxygens (including phenoxy) is 1. The van der Waals surface area contributed by atoms with Crippen LogP contribution in [0.5, 0.6) is 11.6 Å². The molecule has 0 saturated carbocycles. The van der Waals surface area contributed by atoms with E-state index in [1.807, 2.05) is 32.1 Å². The highest BCUT2D eigenvalue weighted by molar-refractivity contribution is 6.30. The topological polar surface area (TPSA) is 96.8 Å². The third-order valence-corrected chi connectivity index (χ3v) is 7.32. The second-order valence-electron chi connectivity index (χ2n) is 9.44. The van der Waals surface area contributed by atoms with Gasteiger partial charge in [-0.1, -0.05) is 52.0 Å². The van der Waals surface area contributed by atoms with Gasteiger partial charge in [0.25, 0.3) is 5.88 Å². The van der Waals surface area contributed by atoms with Crippen LogP contribution in [0.3, 0.4) is 0 Å². The van der Waals surface area contributed by atoms with E-state index in [0.29, 0.717) is 40.5 Å². The second-order valence-corrected chi connectivity index (χ2v) is 9.87. The Morgan fingerprint density at radius 3 is 2.70 bits per heavy atom. The number of H-pyrrole nitrogens is 1.